The Balaban J connectivity index is 1.76. The highest BCUT2D eigenvalue weighted by Crippen LogP contribution is 2.11. The average molecular weight is 301 g/mol. The number of primary amides is 1. The molecule has 1 fully saturated rings. The van der Waals surface area contributed by atoms with E-state index in [9.17, 15) is 9.59 Å². The Morgan fingerprint density at radius 1 is 1.27 bits per heavy atom. The van der Waals surface area contributed by atoms with Crippen molar-refractivity contribution in [2.75, 3.05) is 25.0 Å². The largest absolute Gasteiger partial charge is 0.369 e. The van der Waals surface area contributed by atoms with E-state index in [0.29, 0.717) is 11.3 Å². The number of nitrogens with two attached hydrogens (primary N) is 1. The minimum Gasteiger partial charge on any atom is -0.369 e. The standard InChI is InChI=1S/C15H19N5O2/c16-9-11-1-3-12(4-2-11)18-15(22)19-13-5-7-20(8-6-13)10-14(17)21/h1-4,13H,5-8,10H2,(H2,17,21)(H2,18,19,22). The van der Waals surface area contributed by atoms with Crippen molar-refractivity contribution in [2.24, 2.45) is 5.73 Å². The van der Waals surface area contributed by atoms with E-state index < -0.39 is 0 Å². The van der Waals surface area contributed by atoms with Gasteiger partial charge < -0.3 is 16.4 Å². The van der Waals surface area contributed by atoms with Gasteiger partial charge >= 0.3 is 6.03 Å². The third-order valence-corrected chi connectivity index (χ3v) is 3.57. The summed E-state index contributed by atoms with van der Waals surface area (Å²) in [7, 11) is 0. The van der Waals surface area contributed by atoms with Crippen molar-refractivity contribution in [3.63, 3.8) is 0 Å². The van der Waals surface area contributed by atoms with Gasteiger partial charge in [-0.1, -0.05) is 0 Å². The molecule has 0 spiro atoms. The number of anilines is 1. The number of nitrogens with one attached hydrogen (secondary N) is 2. The molecule has 1 heterocycles. The fourth-order valence-corrected chi connectivity index (χ4v) is 2.44. The molecule has 7 nitrogen and oxygen atoms in total. The Kier molecular flexibility index (Phi) is 5.33. The summed E-state index contributed by atoms with van der Waals surface area (Å²) in [5.41, 5.74) is 6.36. The molecule has 4 N–H and O–H groups in total. The van der Waals surface area contributed by atoms with Crippen LogP contribution in [0.1, 0.15) is 18.4 Å². The highest BCUT2D eigenvalue weighted by Gasteiger charge is 2.21. The topological polar surface area (TPSA) is 111 Å². The van der Waals surface area contributed by atoms with Crippen molar-refractivity contribution >= 4 is 17.6 Å². The van der Waals surface area contributed by atoms with Gasteiger partial charge in [0.15, 0.2) is 0 Å². The number of hydrogen-bond acceptors (Lipinski definition) is 4. The first-order valence-corrected chi connectivity index (χ1v) is 7.15. The molecular formula is C15H19N5O2. The zero-order chi connectivity index (χ0) is 15.9. The van der Waals surface area contributed by atoms with Crippen LogP contribution in [0.15, 0.2) is 24.3 Å². The van der Waals surface area contributed by atoms with Crippen LogP contribution >= 0.6 is 0 Å². The fraction of sp³-hybridized carbons (Fsp3) is 0.400. The summed E-state index contributed by atoms with van der Waals surface area (Å²) in [6.45, 7) is 1.75. The number of likely N-dealkylation sites (tertiary alicyclic amines) is 1. The molecule has 1 aliphatic heterocycles. The molecule has 0 bridgehead atoms. The molecule has 0 radical (unpaired) electrons. The van der Waals surface area contributed by atoms with E-state index in [-0.39, 0.29) is 24.5 Å². The van der Waals surface area contributed by atoms with Gasteiger partial charge in [-0.25, -0.2) is 4.79 Å². The van der Waals surface area contributed by atoms with E-state index in [4.69, 9.17) is 11.0 Å². The highest BCUT2D eigenvalue weighted by atomic mass is 16.2. The SMILES string of the molecule is N#Cc1ccc(NC(=O)NC2CCN(CC(N)=O)CC2)cc1. The Bertz CT molecular complexity index is 571. The number of rotatable bonds is 4. The summed E-state index contributed by atoms with van der Waals surface area (Å²) >= 11 is 0. The van der Waals surface area contributed by atoms with Crippen LogP contribution in [0.25, 0.3) is 0 Å². The molecule has 116 valence electrons. The van der Waals surface area contributed by atoms with Gasteiger partial charge in [0.2, 0.25) is 5.91 Å². The lowest BCUT2D eigenvalue weighted by molar-refractivity contribution is -0.119. The summed E-state index contributed by atoms with van der Waals surface area (Å²) < 4.78 is 0. The van der Waals surface area contributed by atoms with E-state index in [0.717, 1.165) is 25.9 Å². The molecule has 3 amide bonds. The van der Waals surface area contributed by atoms with E-state index >= 15 is 0 Å². The van der Waals surface area contributed by atoms with Gasteiger partial charge in [0.1, 0.15) is 0 Å². The first kappa shape index (κ1) is 15.8. The number of hydrogen-bond donors (Lipinski definition) is 3. The second-order valence-electron chi connectivity index (χ2n) is 5.30. The van der Waals surface area contributed by atoms with Crippen LogP contribution in [-0.4, -0.2) is 42.5 Å². The third kappa shape index (κ3) is 4.75. The predicted molar refractivity (Wildman–Crippen MR) is 82.0 cm³/mol. The molecule has 0 atom stereocenters. The van der Waals surface area contributed by atoms with Gasteiger partial charge in [-0.3, -0.25) is 9.69 Å². The summed E-state index contributed by atoms with van der Waals surface area (Å²) in [6.07, 6.45) is 1.57. The molecule has 1 aliphatic rings. The Hall–Kier alpha value is -2.59. The van der Waals surface area contributed by atoms with E-state index in [2.05, 4.69) is 10.6 Å². The first-order chi connectivity index (χ1) is 10.6. The maximum atomic E-state index is 11.9. The second kappa shape index (κ2) is 7.43. The minimum atomic E-state index is -0.329. The van der Waals surface area contributed by atoms with E-state index in [1.165, 1.54) is 0 Å². The first-order valence-electron chi connectivity index (χ1n) is 7.15. The van der Waals surface area contributed by atoms with Crippen molar-refractivity contribution < 1.29 is 9.59 Å². The molecular weight excluding hydrogens is 282 g/mol. The lowest BCUT2D eigenvalue weighted by atomic mass is 10.1. The van der Waals surface area contributed by atoms with Crippen LogP contribution in [0.5, 0.6) is 0 Å². The number of carbonyl (C=O) groups excluding carboxylic acids is 2. The molecule has 0 unspecified atom stereocenters. The molecule has 0 saturated carbocycles. The Morgan fingerprint density at radius 3 is 2.45 bits per heavy atom. The maximum absolute atomic E-state index is 11.9. The molecule has 1 aromatic rings. The Labute approximate surface area is 129 Å². The second-order valence-corrected chi connectivity index (χ2v) is 5.30. The zero-order valence-electron chi connectivity index (χ0n) is 12.2. The van der Waals surface area contributed by atoms with Gasteiger partial charge in [0.25, 0.3) is 0 Å². The van der Waals surface area contributed by atoms with Crippen LogP contribution in [-0.2, 0) is 4.79 Å². The average Bonchev–Trinajstić information content (AvgIpc) is 2.49. The molecule has 0 aliphatic carbocycles. The third-order valence-electron chi connectivity index (χ3n) is 3.57. The summed E-state index contributed by atoms with van der Waals surface area (Å²) in [6, 6.07) is 8.52. The van der Waals surface area contributed by atoms with Crippen LogP contribution in [0.3, 0.4) is 0 Å². The van der Waals surface area contributed by atoms with Gasteiger partial charge in [-0.05, 0) is 37.1 Å². The van der Waals surface area contributed by atoms with Gasteiger partial charge in [-0.15, -0.1) is 0 Å². The Morgan fingerprint density at radius 2 is 1.91 bits per heavy atom. The fourth-order valence-electron chi connectivity index (χ4n) is 2.44. The summed E-state index contributed by atoms with van der Waals surface area (Å²) in [5.74, 6) is -0.329. The number of carbonyl (C=O) groups is 2. The number of urea groups is 1. The van der Waals surface area contributed by atoms with Gasteiger partial charge in [-0.2, -0.15) is 5.26 Å². The van der Waals surface area contributed by atoms with Crippen molar-refractivity contribution in [2.45, 2.75) is 18.9 Å². The monoisotopic (exact) mass is 301 g/mol. The highest BCUT2D eigenvalue weighted by molar-refractivity contribution is 5.89. The van der Waals surface area contributed by atoms with E-state index in [1.807, 2.05) is 11.0 Å². The number of benzene rings is 1. The van der Waals surface area contributed by atoms with Crippen LogP contribution < -0.4 is 16.4 Å². The number of nitriles is 1. The molecule has 22 heavy (non-hydrogen) atoms. The molecule has 1 aromatic carbocycles. The lowest BCUT2D eigenvalue weighted by Crippen LogP contribution is -2.47. The van der Waals surface area contributed by atoms with Crippen molar-refractivity contribution in [3.8, 4) is 6.07 Å². The number of amides is 3. The predicted octanol–water partition coefficient (Wildman–Crippen LogP) is 0.629. The van der Waals surface area contributed by atoms with Crippen LogP contribution in [0.2, 0.25) is 0 Å². The number of nitrogens with zero attached hydrogens (tertiary/aromatic N) is 2. The summed E-state index contributed by atoms with van der Waals surface area (Å²) in [4.78, 5) is 24.8. The normalized spacial score (nSPS) is 15.8. The van der Waals surface area contributed by atoms with Crippen molar-refractivity contribution in [1.29, 1.82) is 5.26 Å². The maximum Gasteiger partial charge on any atom is 0.319 e. The lowest BCUT2D eigenvalue weighted by Gasteiger charge is -2.31. The van der Waals surface area contributed by atoms with Crippen LogP contribution in [0, 0.1) is 11.3 Å². The molecule has 7 heteroatoms. The van der Waals surface area contributed by atoms with Crippen molar-refractivity contribution in [1.82, 2.24) is 10.2 Å². The van der Waals surface area contributed by atoms with E-state index in [1.54, 1.807) is 24.3 Å². The quantitative estimate of drug-likeness (QED) is 0.757. The van der Waals surface area contributed by atoms with Gasteiger partial charge in [0, 0.05) is 24.8 Å². The van der Waals surface area contributed by atoms with Crippen LogP contribution in [0.4, 0.5) is 10.5 Å². The zero-order valence-corrected chi connectivity index (χ0v) is 12.2. The smallest absolute Gasteiger partial charge is 0.319 e. The minimum absolute atomic E-state index is 0.0857. The molecule has 1 saturated heterocycles. The van der Waals surface area contributed by atoms with Gasteiger partial charge in [0.05, 0.1) is 18.2 Å². The van der Waals surface area contributed by atoms with Crippen molar-refractivity contribution in [3.05, 3.63) is 29.8 Å². The molecule has 2 rings (SSSR count). The molecule has 0 aromatic heterocycles. The number of piperidine rings is 1. The summed E-state index contributed by atoms with van der Waals surface area (Å²) in [5, 5.41) is 14.4.